The fourth-order valence-corrected chi connectivity index (χ4v) is 5.30. The summed E-state index contributed by atoms with van der Waals surface area (Å²) in [5, 5.41) is 21.2. The first-order chi connectivity index (χ1) is 16.1. The van der Waals surface area contributed by atoms with Gasteiger partial charge in [-0.1, -0.05) is 42.5 Å². The molecule has 3 heterocycles. The number of para-hydroxylation sites is 1. The van der Waals surface area contributed by atoms with Gasteiger partial charge < -0.3 is 10.0 Å². The Hall–Kier alpha value is -4.08. The molecule has 2 aromatic carbocycles. The molecule has 1 N–H and O–H groups in total. The first-order valence-electron chi connectivity index (χ1n) is 10.9. The number of aromatic nitrogens is 2. The second-order valence-electron chi connectivity index (χ2n) is 8.76. The van der Waals surface area contributed by atoms with E-state index >= 15 is 0 Å². The first-order valence-corrected chi connectivity index (χ1v) is 10.9. The molecule has 0 bridgehead atoms. The molecule has 1 aliphatic heterocycles. The van der Waals surface area contributed by atoms with Crippen molar-refractivity contribution in [2.75, 3.05) is 4.90 Å². The van der Waals surface area contributed by atoms with Crippen LogP contribution in [0.25, 0.3) is 21.9 Å². The molecule has 0 saturated heterocycles. The molecule has 0 atom stereocenters. The summed E-state index contributed by atoms with van der Waals surface area (Å²) in [7, 11) is 0. The molecule has 6 rings (SSSR count). The van der Waals surface area contributed by atoms with Crippen LogP contribution >= 0.6 is 0 Å². The minimum absolute atomic E-state index is 0.0212. The maximum Gasteiger partial charge on any atom is 0.238 e. The molecular weight excluding hydrogens is 412 g/mol. The molecule has 6 heteroatoms. The van der Waals surface area contributed by atoms with Gasteiger partial charge in [0, 0.05) is 34.6 Å². The van der Waals surface area contributed by atoms with Gasteiger partial charge in [-0.2, -0.15) is 5.26 Å². The lowest BCUT2D eigenvalue weighted by Crippen LogP contribution is -2.51. The second-order valence-corrected chi connectivity index (χ2v) is 8.76. The van der Waals surface area contributed by atoms with Crippen LogP contribution in [0.5, 0.6) is 0 Å². The lowest BCUT2D eigenvalue weighted by Gasteiger charge is -2.41. The number of aliphatic hydroxyl groups excluding tert-OH is 1. The van der Waals surface area contributed by atoms with Gasteiger partial charge in [0.25, 0.3) is 0 Å². The standard InChI is InChI=1S/C27H20N4O2/c28-13-19-10-9-18(15-29-19)25-21-6-2-1-5-17(21)14-30-23(25)16-31-24-8-4-3-7-22(24)27(26(31)33)11-20(32)12-27/h1-10,14-15,20,32H,11-12,16H2. The normalized spacial score (nSPS) is 21.2. The van der Waals surface area contributed by atoms with E-state index in [-0.39, 0.29) is 5.91 Å². The Bertz CT molecular complexity index is 1450. The molecule has 4 aromatic rings. The summed E-state index contributed by atoms with van der Waals surface area (Å²) in [5.74, 6) is 0.0212. The maximum absolute atomic E-state index is 13.6. The molecule has 0 unspecified atom stereocenters. The Morgan fingerprint density at radius 1 is 1.03 bits per heavy atom. The van der Waals surface area contributed by atoms with Crippen molar-refractivity contribution in [1.29, 1.82) is 5.26 Å². The summed E-state index contributed by atoms with van der Waals surface area (Å²) in [5.41, 5.74) is 4.11. The number of pyridine rings is 2. The number of benzene rings is 2. The van der Waals surface area contributed by atoms with Crippen molar-refractivity contribution in [3.8, 4) is 17.2 Å². The van der Waals surface area contributed by atoms with Gasteiger partial charge in [0.15, 0.2) is 0 Å². The van der Waals surface area contributed by atoms with Gasteiger partial charge in [0.05, 0.1) is 23.8 Å². The second kappa shape index (κ2) is 7.22. The van der Waals surface area contributed by atoms with Gasteiger partial charge in [0.1, 0.15) is 11.8 Å². The lowest BCUT2D eigenvalue weighted by atomic mass is 9.63. The summed E-state index contributed by atoms with van der Waals surface area (Å²) >= 11 is 0. The number of nitriles is 1. The van der Waals surface area contributed by atoms with Crippen LogP contribution < -0.4 is 4.90 Å². The molecule has 2 aliphatic rings. The average molecular weight is 432 g/mol. The van der Waals surface area contributed by atoms with E-state index in [2.05, 4.69) is 11.1 Å². The molecule has 160 valence electrons. The third-order valence-corrected chi connectivity index (χ3v) is 6.89. The molecule has 1 saturated carbocycles. The maximum atomic E-state index is 13.6. The van der Waals surface area contributed by atoms with Crippen LogP contribution in [0.3, 0.4) is 0 Å². The van der Waals surface area contributed by atoms with Crippen LogP contribution in [-0.2, 0) is 16.8 Å². The summed E-state index contributed by atoms with van der Waals surface area (Å²) in [4.78, 5) is 24.5. The smallest absolute Gasteiger partial charge is 0.238 e. The molecule has 1 aliphatic carbocycles. The molecule has 6 nitrogen and oxygen atoms in total. The largest absolute Gasteiger partial charge is 0.393 e. The van der Waals surface area contributed by atoms with E-state index in [0.29, 0.717) is 25.1 Å². The number of hydrogen-bond donors (Lipinski definition) is 1. The number of amides is 1. The zero-order valence-electron chi connectivity index (χ0n) is 17.8. The Morgan fingerprint density at radius 2 is 1.82 bits per heavy atom. The molecule has 1 amide bonds. The van der Waals surface area contributed by atoms with Gasteiger partial charge in [0.2, 0.25) is 5.91 Å². The van der Waals surface area contributed by atoms with E-state index in [1.807, 2.05) is 60.8 Å². The number of carbonyl (C=O) groups is 1. The van der Waals surface area contributed by atoms with Crippen LogP contribution in [0.2, 0.25) is 0 Å². The Labute approximate surface area is 190 Å². The zero-order valence-corrected chi connectivity index (χ0v) is 17.8. The molecule has 2 aromatic heterocycles. The van der Waals surface area contributed by atoms with Crippen molar-refractivity contribution in [1.82, 2.24) is 9.97 Å². The molecule has 33 heavy (non-hydrogen) atoms. The summed E-state index contributed by atoms with van der Waals surface area (Å²) in [6.07, 6.45) is 3.99. The van der Waals surface area contributed by atoms with Gasteiger partial charge >= 0.3 is 0 Å². The van der Waals surface area contributed by atoms with Crippen LogP contribution in [0.4, 0.5) is 5.69 Å². The lowest BCUT2D eigenvalue weighted by molar-refractivity contribution is -0.131. The Morgan fingerprint density at radius 3 is 2.58 bits per heavy atom. The van der Waals surface area contributed by atoms with E-state index in [4.69, 9.17) is 10.2 Å². The Kier molecular flexibility index (Phi) is 4.29. The number of hydrogen-bond acceptors (Lipinski definition) is 5. The molecule has 0 radical (unpaired) electrons. The quantitative estimate of drug-likeness (QED) is 0.526. The predicted molar refractivity (Wildman–Crippen MR) is 124 cm³/mol. The van der Waals surface area contributed by atoms with Crippen molar-refractivity contribution >= 4 is 22.4 Å². The first kappa shape index (κ1) is 19.6. The van der Waals surface area contributed by atoms with E-state index in [0.717, 1.165) is 38.8 Å². The fourth-order valence-electron chi connectivity index (χ4n) is 5.30. The SMILES string of the molecule is N#Cc1ccc(-c2c(CN3C(=O)C4(CC(O)C4)c4ccccc43)ncc3ccccc23)cn1. The number of carbonyl (C=O) groups excluding carboxylic acids is 1. The van der Waals surface area contributed by atoms with Crippen molar-refractivity contribution < 1.29 is 9.90 Å². The monoisotopic (exact) mass is 432 g/mol. The molecule has 1 spiro atoms. The highest BCUT2D eigenvalue weighted by molar-refractivity contribution is 6.09. The average Bonchev–Trinajstić information content (AvgIpc) is 3.07. The van der Waals surface area contributed by atoms with Gasteiger partial charge in [-0.05, 0) is 42.0 Å². The van der Waals surface area contributed by atoms with E-state index in [1.165, 1.54) is 0 Å². The predicted octanol–water partition coefficient (Wildman–Crippen LogP) is 4.11. The highest BCUT2D eigenvalue weighted by atomic mass is 16.3. The van der Waals surface area contributed by atoms with Crippen LogP contribution in [0.1, 0.15) is 29.8 Å². The highest BCUT2D eigenvalue weighted by Crippen LogP contribution is 2.53. The van der Waals surface area contributed by atoms with Crippen molar-refractivity contribution in [3.05, 3.63) is 90.0 Å². The van der Waals surface area contributed by atoms with Crippen LogP contribution in [0.15, 0.2) is 73.1 Å². The number of aliphatic hydroxyl groups is 1. The Balaban J connectivity index is 1.49. The van der Waals surface area contributed by atoms with Gasteiger partial charge in [-0.15, -0.1) is 0 Å². The van der Waals surface area contributed by atoms with Gasteiger partial charge in [-0.3, -0.25) is 9.78 Å². The fraction of sp³-hybridized carbons (Fsp3) is 0.185. The summed E-state index contributed by atoms with van der Waals surface area (Å²) in [6, 6.07) is 21.5. The van der Waals surface area contributed by atoms with E-state index in [9.17, 15) is 9.90 Å². The van der Waals surface area contributed by atoms with Crippen molar-refractivity contribution in [3.63, 3.8) is 0 Å². The third-order valence-electron chi connectivity index (χ3n) is 6.89. The highest BCUT2D eigenvalue weighted by Gasteiger charge is 2.58. The minimum atomic E-state index is -0.636. The number of rotatable bonds is 3. The van der Waals surface area contributed by atoms with Crippen LogP contribution in [-0.4, -0.2) is 27.1 Å². The third kappa shape index (κ3) is 2.86. The number of fused-ring (bicyclic) bond motifs is 3. The minimum Gasteiger partial charge on any atom is -0.393 e. The topological polar surface area (TPSA) is 90.1 Å². The van der Waals surface area contributed by atoms with Crippen LogP contribution in [0, 0.1) is 11.3 Å². The summed E-state index contributed by atoms with van der Waals surface area (Å²) < 4.78 is 0. The molecular formula is C27H20N4O2. The zero-order chi connectivity index (χ0) is 22.6. The van der Waals surface area contributed by atoms with Crippen molar-refractivity contribution in [2.24, 2.45) is 0 Å². The van der Waals surface area contributed by atoms with Crippen molar-refractivity contribution in [2.45, 2.75) is 30.9 Å². The number of anilines is 1. The number of nitrogens with zero attached hydrogens (tertiary/aromatic N) is 4. The van der Waals surface area contributed by atoms with E-state index in [1.54, 1.807) is 17.2 Å². The van der Waals surface area contributed by atoms with Gasteiger partial charge in [-0.25, -0.2) is 4.98 Å². The van der Waals surface area contributed by atoms with E-state index < -0.39 is 11.5 Å². The summed E-state index contributed by atoms with van der Waals surface area (Å²) in [6.45, 7) is 0.313. The molecule has 1 fully saturated rings.